The predicted molar refractivity (Wildman–Crippen MR) is 57.3 cm³/mol. The number of benzene rings is 1. The second-order valence-electron chi connectivity index (χ2n) is 2.82. The van der Waals surface area contributed by atoms with Crippen LogP contribution in [0.4, 0.5) is 0 Å². The van der Waals surface area contributed by atoms with Crippen molar-refractivity contribution in [2.24, 2.45) is 9.98 Å². The molecule has 5 heteroatoms. The highest BCUT2D eigenvalue weighted by Gasteiger charge is 2.27. The van der Waals surface area contributed by atoms with E-state index in [1.807, 2.05) is 47.2 Å². The summed E-state index contributed by atoms with van der Waals surface area (Å²) in [5.74, 6) is 2.08. The predicted octanol–water partition coefficient (Wildman–Crippen LogP) is 1.65. The highest BCUT2D eigenvalue weighted by Crippen LogP contribution is 2.13. The molecule has 0 bridgehead atoms. The number of halogens is 1. The van der Waals surface area contributed by atoms with Gasteiger partial charge in [-0.25, -0.2) is 0 Å². The average molecular weight is 230 g/mol. The molecule has 1 aromatic carbocycles. The largest absolute Gasteiger partial charge is 0.429 e. The first-order valence-electron chi connectivity index (χ1n) is 4.41. The first kappa shape index (κ1) is 10.3. The number of hydrogen-bond acceptors (Lipinski definition) is 4. The molecule has 2 rings (SSSR count). The third kappa shape index (κ3) is 2.06. The zero-order valence-corrected chi connectivity index (χ0v) is 8.86. The summed E-state index contributed by atoms with van der Waals surface area (Å²) < 4.78 is 0. The fraction of sp³-hybridized carbons (Fsp3) is 0. The molecule has 0 fully saturated rings. The molecule has 0 atom stereocenters. The molecule has 76 valence electrons. The minimum absolute atomic E-state index is 0.133. The van der Waals surface area contributed by atoms with Crippen LogP contribution in [0.15, 0.2) is 46.0 Å². The summed E-state index contributed by atoms with van der Waals surface area (Å²) >= 11 is 0. The SMILES string of the molecule is N#CC1=NC([Cl+]c2ccccc2)=NC1=C=N. The summed E-state index contributed by atoms with van der Waals surface area (Å²) in [6.07, 6.45) is 0. The van der Waals surface area contributed by atoms with Gasteiger partial charge in [-0.2, -0.15) is 15.2 Å². The molecular weight excluding hydrogens is 224 g/mol. The second kappa shape index (κ2) is 4.54. The molecule has 0 unspecified atom stereocenters. The summed E-state index contributed by atoms with van der Waals surface area (Å²) in [6, 6.07) is 11.4. The van der Waals surface area contributed by atoms with E-state index in [9.17, 15) is 0 Å². The van der Waals surface area contributed by atoms with Gasteiger partial charge in [-0.05, 0) is 0 Å². The fourth-order valence-corrected chi connectivity index (χ4v) is 1.82. The third-order valence-corrected chi connectivity index (χ3v) is 2.59. The molecule has 0 radical (unpaired) electrons. The molecule has 0 amide bonds. The Kier molecular flexibility index (Phi) is 2.93. The molecule has 4 nitrogen and oxygen atoms in total. The molecule has 0 saturated carbocycles. The van der Waals surface area contributed by atoms with Crippen molar-refractivity contribution in [2.45, 2.75) is 0 Å². The van der Waals surface area contributed by atoms with Crippen LogP contribution in [0.2, 0.25) is 5.02 Å². The number of allylic oxidation sites excluding steroid dienone is 1. The Labute approximate surface area is 95.9 Å². The van der Waals surface area contributed by atoms with Crippen molar-refractivity contribution in [1.82, 2.24) is 0 Å². The molecule has 1 aromatic rings. The topological polar surface area (TPSA) is 72.4 Å². The van der Waals surface area contributed by atoms with E-state index < -0.39 is 0 Å². The average Bonchev–Trinajstić information content (AvgIpc) is 2.72. The molecule has 1 N–H and O–H groups in total. The van der Waals surface area contributed by atoms with Crippen LogP contribution in [0.1, 0.15) is 0 Å². The van der Waals surface area contributed by atoms with E-state index >= 15 is 0 Å². The van der Waals surface area contributed by atoms with Crippen LogP contribution in [0.25, 0.3) is 0 Å². The molecule has 1 heterocycles. The number of amidine groups is 1. The zero-order valence-electron chi connectivity index (χ0n) is 8.11. The molecule has 0 aromatic heterocycles. The van der Waals surface area contributed by atoms with Crippen LogP contribution in [0.5, 0.6) is 0 Å². The van der Waals surface area contributed by atoms with Gasteiger partial charge in [-0.3, -0.25) is 5.41 Å². The van der Waals surface area contributed by atoms with Crippen molar-refractivity contribution in [2.75, 3.05) is 0 Å². The van der Waals surface area contributed by atoms with Gasteiger partial charge in [0.05, 0.1) is 0 Å². The minimum atomic E-state index is 0.133. The molecule has 0 saturated heterocycles. The smallest absolute Gasteiger partial charge is 0.257 e. The Morgan fingerprint density at radius 3 is 2.50 bits per heavy atom. The van der Waals surface area contributed by atoms with Crippen molar-refractivity contribution in [3.63, 3.8) is 0 Å². The van der Waals surface area contributed by atoms with Crippen molar-refractivity contribution in [3.8, 4) is 6.07 Å². The van der Waals surface area contributed by atoms with Gasteiger partial charge < -0.3 is 0 Å². The molecule has 0 aliphatic carbocycles. The van der Waals surface area contributed by atoms with E-state index in [0.29, 0.717) is 5.29 Å². The summed E-state index contributed by atoms with van der Waals surface area (Å²) in [4.78, 5) is 7.98. The summed E-state index contributed by atoms with van der Waals surface area (Å²) in [5.41, 5.74) is 0.314. The van der Waals surface area contributed by atoms with Crippen LogP contribution in [-0.2, 0) is 0 Å². The fourth-order valence-electron chi connectivity index (χ4n) is 1.10. The lowest BCUT2D eigenvalue weighted by Crippen LogP contribution is -1.94. The van der Waals surface area contributed by atoms with Crippen molar-refractivity contribution >= 4 is 16.9 Å². The van der Waals surface area contributed by atoms with E-state index in [1.165, 1.54) is 0 Å². The second-order valence-corrected chi connectivity index (χ2v) is 3.78. The van der Waals surface area contributed by atoms with Gasteiger partial charge in [0.1, 0.15) is 6.07 Å². The van der Waals surface area contributed by atoms with Crippen LogP contribution >= 0.6 is 0 Å². The normalized spacial score (nSPS) is 13.8. The van der Waals surface area contributed by atoms with Crippen molar-refractivity contribution in [3.05, 3.63) is 41.1 Å². The van der Waals surface area contributed by atoms with Gasteiger partial charge >= 0.3 is 5.29 Å². The highest BCUT2D eigenvalue weighted by atomic mass is 35.5. The lowest BCUT2D eigenvalue weighted by atomic mass is 10.3. The standard InChI is InChI=1S/C11H6ClN4/c13-6-9-10(7-14)16-11(15-9)12-8-4-2-1-3-5-8/h1-5,13H/q+1. The van der Waals surface area contributed by atoms with Gasteiger partial charge in [0, 0.05) is 18.0 Å². The van der Waals surface area contributed by atoms with Crippen LogP contribution in [-0.4, -0.2) is 16.9 Å². The summed E-state index contributed by atoms with van der Waals surface area (Å²) in [7, 11) is 1.88. The number of nitrogens with one attached hydrogen (secondary N) is 1. The highest BCUT2D eigenvalue weighted by molar-refractivity contribution is 6.22. The van der Waals surface area contributed by atoms with Crippen LogP contribution in [0, 0.1) is 27.5 Å². The Morgan fingerprint density at radius 2 is 1.94 bits per heavy atom. The monoisotopic (exact) mass is 229 g/mol. The van der Waals surface area contributed by atoms with E-state index in [2.05, 4.69) is 15.9 Å². The molecule has 0 spiro atoms. The number of rotatable bonds is 2. The van der Waals surface area contributed by atoms with Gasteiger partial charge in [0.2, 0.25) is 5.02 Å². The third-order valence-electron chi connectivity index (χ3n) is 1.78. The zero-order chi connectivity index (χ0) is 11.4. The van der Waals surface area contributed by atoms with E-state index in [-0.39, 0.29) is 11.4 Å². The van der Waals surface area contributed by atoms with Crippen molar-refractivity contribution < 1.29 is 10.8 Å². The van der Waals surface area contributed by atoms with Gasteiger partial charge in [-0.1, -0.05) is 18.2 Å². The molecule has 16 heavy (non-hydrogen) atoms. The maximum Gasteiger partial charge on any atom is 0.429 e. The van der Waals surface area contributed by atoms with Gasteiger partial charge in [0.15, 0.2) is 11.4 Å². The lowest BCUT2D eigenvalue weighted by Gasteiger charge is -1.80. The van der Waals surface area contributed by atoms with Gasteiger partial charge in [0.25, 0.3) is 10.8 Å². The quantitative estimate of drug-likeness (QED) is 0.608. The van der Waals surface area contributed by atoms with Crippen LogP contribution < -0.4 is 0 Å². The maximum atomic E-state index is 8.74. The Hall–Kier alpha value is -2.21. The first-order chi connectivity index (χ1) is 7.83. The summed E-state index contributed by atoms with van der Waals surface area (Å²) in [5, 5.41) is 17.1. The number of nitriles is 1. The first-order valence-corrected chi connectivity index (χ1v) is 5.16. The van der Waals surface area contributed by atoms with Crippen molar-refractivity contribution in [1.29, 1.82) is 10.7 Å². The van der Waals surface area contributed by atoms with Crippen LogP contribution in [0.3, 0.4) is 0 Å². The molecular formula is C11H6ClN4+. The summed E-state index contributed by atoms with van der Waals surface area (Å²) in [6.45, 7) is 0. The lowest BCUT2D eigenvalue weighted by molar-refractivity contribution is -0.474. The Bertz CT molecular complexity index is 559. The minimum Gasteiger partial charge on any atom is -0.257 e. The number of hydrogen-bond donors (Lipinski definition) is 1. The van der Waals surface area contributed by atoms with E-state index in [4.69, 9.17) is 10.7 Å². The van der Waals surface area contributed by atoms with E-state index in [0.717, 1.165) is 5.02 Å². The molecule has 1 aliphatic rings. The maximum absolute atomic E-state index is 8.74. The Morgan fingerprint density at radius 1 is 1.19 bits per heavy atom. The van der Waals surface area contributed by atoms with E-state index in [1.54, 1.807) is 0 Å². The Balaban J connectivity index is 2.24. The number of aliphatic imine (C=N–C) groups is 2. The molecule has 1 aliphatic heterocycles. The van der Waals surface area contributed by atoms with Gasteiger partial charge in [-0.15, -0.1) is 0 Å². The number of nitrogens with zero attached hydrogens (tertiary/aromatic N) is 3.